The van der Waals surface area contributed by atoms with Crippen LogP contribution in [0.4, 0.5) is 10.2 Å². The van der Waals surface area contributed by atoms with Gasteiger partial charge in [0.15, 0.2) is 0 Å². The molecule has 3 N–H and O–H groups in total. The van der Waals surface area contributed by atoms with Crippen molar-refractivity contribution < 1.29 is 14.0 Å². The fraction of sp³-hybridized carbons (Fsp3) is 0.350. The summed E-state index contributed by atoms with van der Waals surface area (Å²) in [5.74, 6) is -0.576. The number of aromatic nitrogens is 1. The van der Waals surface area contributed by atoms with Gasteiger partial charge >= 0.3 is 0 Å². The first-order chi connectivity index (χ1) is 13.4. The van der Waals surface area contributed by atoms with Crippen LogP contribution in [-0.2, 0) is 4.79 Å². The predicted octanol–water partition coefficient (Wildman–Crippen LogP) is 2.78. The van der Waals surface area contributed by atoms with Crippen LogP contribution in [0.2, 0.25) is 0 Å². The highest BCUT2D eigenvalue weighted by atomic mass is 79.9. The minimum atomic E-state index is -0.538. The van der Waals surface area contributed by atoms with E-state index in [-0.39, 0.29) is 29.0 Å². The lowest BCUT2D eigenvalue weighted by atomic mass is 9.99. The standard InChI is InChI=1S/C20H20BrFN4O2/c1-11-6-7-16(21)25-17(11)26-19(28)14-8-20(9-15(20)24-14)10-23-18(27)12-4-2-3-5-13(12)22/h2-7,14-15,24H,8-10H2,1H3,(H,23,27)(H,25,26,28)/t14-,15+,20-/m0/s1. The topological polar surface area (TPSA) is 83.1 Å². The van der Waals surface area contributed by atoms with Crippen LogP contribution in [-0.4, -0.2) is 35.4 Å². The number of hydrogen-bond donors (Lipinski definition) is 3. The van der Waals surface area contributed by atoms with Crippen molar-refractivity contribution in [3.8, 4) is 0 Å². The van der Waals surface area contributed by atoms with E-state index in [0.29, 0.717) is 23.4 Å². The van der Waals surface area contributed by atoms with Crippen molar-refractivity contribution in [3.63, 3.8) is 0 Å². The molecule has 0 unspecified atom stereocenters. The molecule has 1 aromatic heterocycles. The Hall–Kier alpha value is -2.32. The molecule has 146 valence electrons. The summed E-state index contributed by atoms with van der Waals surface area (Å²) in [4.78, 5) is 29.2. The van der Waals surface area contributed by atoms with Gasteiger partial charge in [-0.1, -0.05) is 18.2 Å². The van der Waals surface area contributed by atoms with Gasteiger partial charge in [-0.25, -0.2) is 9.37 Å². The number of carbonyl (C=O) groups is 2. The van der Waals surface area contributed by atoms with Crippen molar-refractivity contribution in [2.24, 2.45) is 5.41 Å². The highest BCUT2D eigenvalue weighted by molar-refractivity contribution is 9.10. The van der Waals surface area contributed by atoms with Crippen molar-refractivity contribution in [2.75, 3.05) is 11.9 Å². The molecule has 3 atom stereocenters. The van der Waals surface area contributed by atoms with E-state index in [0.717, 1.165) is 12.0 Å². The SMILES string of the molecule is Cc1ccc(Br)nc1NC(=O)[C@@H]1C[C@@]2(CNC(=O)c3ccccc3F)C[C@H]2N1. The molecule has 2 fully saturated rings. The van der Waals surface area contributed by atoms with Crippen LogP contribution in [0.5, 0.6) is 0 Å². The van der Waals surface area contributed by atoms with Crippen molar-refractivity contribution in [3.05, 3.63) is 57.9 Å². The van der Waals surface area contributed by atoms with E-state index >= 15 is 0 Å². The highest BCUT2D eigenvalue weighted by Crippen LogP contribution is 2.54. The molecular formula is C20H20BrFN4O2. The minimum absolute atomic E-state index is 0.0348. The number of rotatable bonds is 5. The number of pyridine rings is 1. The van der Waals surface area contributed by atoms with E-state index in [4.69, 9.17) is 0 Å². The van der Waals surface area contributed by atoms with Crippen LogP contribution >= 0.6 is 15.9 Å². The van der Waals surface area contributed by atoms with Gasteiger partial charge in [-0.2, -0.15) is 0 Å². The third kappa shape index (κ3) is 3.66. The molecule has 0 bridgehead atoms. The number of amides is 2. The molecule has 2 aromatic rings. The molecule has 1 aromatic carbocycles. The van der Waals surface area contributed by atoms with Crippen LogP contribution in [0.1, 0.15) is 28.8 Å². The molecule has 8 heteroatoms. The lowest BCUT2D eigenvalue weighted by Crippen LogP contribution is -2.38. The van der Waals surface area contributed by atoms with E-state index < -0.39 is 11.7 Å². The smallest absolute Gasteiger partial charge is 0.254 e. The molecule has 2 aliphatic rings. The average Bonchev–Trinajstić information content (AvgIpc) is 3.23. The number of nitrogens with zero attached hydrogens (tertiary/aromatic N) is 1. The van der Waals surface area contributed by atoms with Crippen LogP contribution in [0, 0.1) is 18.2 Å². The zero-order valence-electron chi connectivity index (χ0n) is 15.3. The Kier molecular flexibility index (Phi) is 4.93. The molecule has 2 amide bonds. The second kappa shape index (κ2) is 7.25. The second-order valence-electron chi connectivity index (χ2n) is 7.49. The second-order valence-corrected chi connectivity index (χ2v) is 8.31. The largest absolute Gasteiger partial charge is 0.351 e. The average molecular weight is 447 g/mol. The van der Waals surface area contributed by atoms with Crippen molar-refractivity contribution in [1.82, 2.24) is 15.6 Å². The lowest BCUT2D eigenvalue weighted by Gasteiger charge is -2.17. The zero-order chi connectivity index (χ0) is 19.9. The molecular weight excluding hydrogens is 427 g/mol. The van der Waals surface area contributed by atoms with Crippen LogP contribution < -0.4 is 16.0 Å². The van der Waals surface area contributed by atoms with E-state index in [9.17, 15) is 14.0 Å². The van der Waals surface area contributed by atoms with Crippen LogP contribution in [0.3, 0.4) is 0 Å². The Morgan fingerprint density at radius 3 is 2.86 bits per heavy atom. The van der Waals surface area contributed by atoms with Gasteiger partial charge in [0, 0.05) is 18.0 Å². The Balaban J connectivity index is 1.35. The molecule has 4 rings (SSSR count). The number of carbonyl (C=O) groups excluding carboxylic acids is 2. The van der Waals surface area contributed by atoms with Crippen molar-refractivity contribution in [2.45, 2.75) is 31.8 Å². The predicted molar refractivity (Wildman–Crippen MR) is 106 cm³/mol. The van der Waals surface area contributed by atoms with Crippen molar-refractivity contribution >= 4 is 33.6 Å². The maximum Gasteiger partial charge on any atom is 0.254 e. The molecule has 28 heavy (non-hydrogen) atoms. The Bertz CT molecular complexity index is 954. The third-order valence-electron chi connectivity index (χ3n) is 5.54. The fourth-order valence-corrected chi connectivity index (χ4v) is 4.09. The van der Waals surface area contributed by atoms with Gasteiger partial charge in [-0.05, 0) is 59.5 Å². The first kappa shape index (κ1) is 19.0. The first-order valence-electron chi connectivity index (χ1n) is 9.11. The molecule has 1 aliphatic carbocycles. The lowest BCUT2D eigenvalue weighted by molar-refractivity contribution is -0.118. The molecule has 6 nitrogen and oxygen atoms in total. The Morgan fingerprint density at radius 1 is 1.29 bits per heavy atom. The summed E-state index contributed by atoms with van der Waals surface area (Å²) in [6.45, 7) is 2.30. The summed E-state index contributed by atoms with van der Waals surface area (Å²) in [5.41, 5.74) is 0.766. The van der Waals surface area contributed by atoms with Crippen molar-refractivity contribution in [1.29, 1.82) is 0 Å². The summed E-state index contributed by atoms with van der Waals surface area (Å²) in [5, 5.41) is 9.01. The molecule has 1 aliphatic heterocycles. The summed E-state index contributed by atoms with van der Waals surface area (Å²) < 4.78 is 14.4. The quantitative estimate of drug-likeness (QED) is 0.616. The number of benzene rings is 1. The summed E-state index contributed by atoms with van der Waals surface area (Å²) >= 11 is 3.31. The van der Waals surface area contributed by atoms with E-state index in [2.05, 4.69) is 36.9 Å². The molecule has 1 saturated heterocycles. The number of hydrogen-bond acceptors (Lipinski definition) is 4. The van der Waals surface area contributed by atoms with Crippen LogP contribution in [0.25, 0.3) is 0 Å². The van der Waals surface area contributed by atoms with E-state index in [1.54, 1.807) is 12.1 Å². The van der Waals surface area contributed by atoms with Gasteiger partial charge in [0.2, 0.25) is 5.91 Å². The van der Waals surface area contributed by atoms with Crippen LogP contribution in [0.15, 0.2) is 41.0 Å². The number of piperidine rings is 1. The normalized spacial score (nSPS) is 25.1. The van der Waals surface area contributed by atoms with Gasteiger partial charge < -0.3 is 16.0 Å². The highest BCUT2D eigenvalue weighted by Gasteiger charge is 2.61. The third-order valence-corrected chi connectivity index (χ3v) is 5.98. The van der Waals surface area contributed by atoms with E-state index in [1.165, 1.54) is 12.1 Å². The van der Waals surface area contributed by atoms with Gasteiger partial charge in [0.25, 0.3) is 5.91 Å². The van der Waals surface area contributed by atoms with Gasteiger partial charge in [0.1, 0.15) is 16.2 Å². The Labute approximate surface area is 170 Å². The summed E-state index contributed by atoms with van der Waals surface area (Å²) in [6.07, 6.45) is 1.51. The molecule has 0 radical (unpaired) electrons. The summed E-state index contributed by atoms with van der Waals surface area (Å²) in [7, 11) is 0. The minimum Gasteiger partial charge on any atom is -0.351 e. The monoisotopic (exact) mass is 446 g/mol. The number of nitrogens with one attached hydrogen (secondary N) is 3. The van der Waals surface area contributed by atoms with E-state index in [1.807, 2.05) is 19.1 Å². The Morgan fingerprint density at radius 2 is 2.07 bits per heavy atom. The zero-order valence-corrected chi connectivity index (χ0v) is 16.8. The van der Waals surface area contributed by atoms with Gasteiger partial charge in [-0.3, -0.25) is 9.59 Å². The fourth-order valence-electron chi connectivity index (χ4n) is 3.79. The number of anilines is 1. The molecule has 2 heterocycles. The van der Waals surface area contributed by atoms with Gasteiger partial charge in [0.05, 0.1) is 11.6 Å². The summed E-state index contributed by atoms with van der Waals surface area (Å²) in [6, 6.07) is 9.45. The molecule has 0 spiro atoms. The van der Waals surface area contributed by atoms with Gasteiger partial charge in [-0.15, -0.1) is 0 Å². The maximum absolute atomic E-state index is 13.7. The maximum atomic E-state index is 13.7. The molecule has 1 saturated carbocycles. The number of aryl methyl sites for hydroxylation is 1. The number of fused-ring (bicyclic) bond motifs is 1. The first-order valence-corrected chi connectivity index (χ1v) is 9.90. The number of halogens is 2.